The molecule has 5 nitrogen and oxygen atoms in total. The maximum Gasteiger partial charge on any atom is 0.276 e. The average molecular weight is 150 g/mol. The van der Waals surface area contributed by atoms with Crippen LogP contribution in [0.3, 0.4) is 0 Å². The first-order chi connectivity index (χ1) is 5.27. The molecule has 0 fully saturated rings. The number of aromatic nitrogens is 3. The molecule has 56 valence electrons. The van der Waals surface area contributed by atoms with Crippen LogP contribution in [0.1, 0.15) is 0 Å². The fraction of sp³-hybridized carbons (Fsp3) is 0. The Bertz CT molecular complexity index is 441. The highest BCUT2D eigenvalue weighted by molar-refractivity contribution is 5.44. The summed E-state index contributed by atoms with van der Waals surface area (Å²) in [5.74, 6) is 0.124. The van der Waals surface area contributed by atoms with Crippen molar-refractivity contribution in [1.29, 1.82) is 0 Å². The van der Waals surface area contributed by atoms with Crippen LogP contribution in [0.15, 0.2) is 23.1 Å². The highest BCUT2D eigenvalue weighted by Gasteiger charge is 1.97. The van der Waals surface area contributed by atoms with Gasteiger partial charge in [0.25, 0.3) is 5.56 Å². The van der Waals surface area contributed by atoms with E-state index in [2.05, 4.69) is 10.1 Å². The van der Waals surface area contributed by atoms with Gasteiger partial charge in [0.1, 0.15) is 5.52 Å². The highest BCUT2D eigenvalue weighted by atomic mass is 16.1. The number of anilines is 1. The van der Waals surface area contributed by atoms with Crippen LogP contribution in [-0.2, 0) is 0 Å². The lowest BCUT2D eigenvalue weighted by Crippen LogP contribution is -2.14. The number of nitrogen functional groups attached to an aromatic ring is 1. The van der Waals surface area contributed by atoms with Gasteiger partial charge in [-0.25, -0.2) is 4.52 Å². The number of nitrogens with two attached hydrogens (primary N) is 1. The molecule has 0 aliphatic rings. The van der Waals surface area contributed by atoms with E-state index in [0.717, 1.165) is 0 Å². The Kier molecular flexibility index (Phi) is 1.00. The van der Waals surface area contributed by atoms with Crippen LogP contribution in [0.25, 0.3) is 5.52 Å². The molecule has 0 spiro atoms. The van der Waals surface area contributed by atoms with Crippen molar-refractivity contribution in [3.05, 3.63) is 28.7 Å². The average Bonchev–Trinajstić information content (AvgIpc) is 2.34. The van der Waals surface area contributed by atoms with E-state index in [1.54, 1.807) is 18.3 Å². The minimum absolute atomic E-state index is 0.124. The third kappa shape index (κ3) is 0.778. The molecule has 0 aliphatic carbocycles. The molecule has 0 bridgehead atoms. The second-order valence-electron chi connectivity index (χ2n) is 2.18. The van der Waals surface area contributed by atoms with Gasteiger partial charge in [0.15, 0.2) is 0 Å². The molecular weight excluding hydrogens is 144 g/mol. The largest absolute Gasteiger partial charge is 0.368 e. The SMILES string of the molecule is Nc1nn2cccc2c(=O)[nH]1. The van der Waals surface area contributed by atoms with Crippen molar-refractivity contribution < 1.29 is 0 Å². The normalized spacial score (nSPS) is 10.5. The van der Waals surface area contributed by atoms with Gasteiger partial charge in [-0.2, -0.15) is 0 Å². The maximum atomic E-state index is 11.1. The van der Waals surface area contributed by atoms with E-state index in [1.165, 1.54) is 4.52 Å². The zero-order valence-corrected chi connectivity index (χ0v) is 5.61. The lowest BCUT2D eigenvalue weighted by Gasteiger charge is -1.93. The number of hydrogen-bond acceptors (Lipinski definition) is 3. The highest BCUT2D eigenvalue weighted by Crippen LogP contribution is 1.94. The second kappa shape index (κ2) is 1.85. The van der Waals surface area contributed by atoms with Crippen molar-refractivity contribution in [2.24, 2.45) is 0 Å². The number of hydrogen-bond donors (Lipinski definition) is 2. The third-order valence-corrected chi connectivity index (χ3v) is 1.42. The van der Waals surface area contributed by atoms with E-state index in [4.69, 9.17) is 5.73 Å². The van der Waals surface area contributed by atoms with Gasteiger partial charge >= 0.3 is 0 Å². The van der Waals surface area contributed by atoms with Gasteiger partial charge in [-0.15, -0.1) is 5.10 Å². The molecule has 11 heavy (non-hydrogen) atoms. The number of rotatable bonds is 0. The minimum atomic E-state index is -0.220. The van der Waals surface area contributed by atoms with Crippen LogP contribution in [0.2, 0.25) is 0 Å². The molecule has 5 heteroatoms. The van der Waals surface area contributed by atoms with Crippen molar-refractivity contribution in [1.82, 2.24) is 14.6 Å². The first kappa shape index (κ1) is 5.96. The smallest absolute Gasteiger partial charge is 0.276 e. The molecule has 0 saturated heterocycles. The molecule has 2 heterocycles. The zero-order valence-electron chi connectivity index (χ0n) is 5.61. The Morgan fingerprint density at radius 3 is 3.27 bits per heavy atom. The van der Waals surface area contributed by atoms with Crippen LogP contribution in [0.5, 0.6) is 0 Å². The van der Waals surface area contributed by atoms with Gasteiger partial charge in [-0.3, -0.25) is 9.78 Å². The quantitative estimate of drug-likeness (QED) is 0.536. The number of nitrogens with zero attached hydrogens (tertiary/aromatic N) is 2. The predicted molar refractivity (Wildman–Crippen MR) is 40.2 cm³/mol. The van der Waals surface area contributed by atoms with Gasteiger partial charge in [0, 0.05) is 6.20 Å². The second-order valence-corrected chi connectivity index (χ2v) is 2.18. The molecule has 0 aromatic carbocycles. The van der Waals surface area contributed by atoms with E-state index in [-0.39, 0.29) is 11.5 Å². The monoisotopic (exact) mass is 150 g/mol. The predicted octanol–water partition coefficient (Wildman–Crippen LogP) is -0.395. The zero-order chi connectivity index (χ0) is 7.84. The van der Waals surface area contributed by atoms with Crippen molar-refractivity contribution in [2.75, 3.05) is 5.73 Å². The van der Waals surface area contributed by atoms with Crippen LogP contribution in [0.4, 0.5) is 5.95 Å². The Balaban J connectivity index is 3.02. The van der Waals surface area contributed by atoms with E-state index in [9.17, 15) is 4.79 Å². The molecule has 2 rings (SSSR count). The Labute approximate surface area is 61.5 Å². The maximum absolute atomic E-state index is 11.1. The molecule has 0 saturated carbocycles. The van der Waals surface area contributed by atoms with E-state index >= 15 is 0 Å². The summed E-state index contributed by atoms with van der Waals surface area (Å²) < 4.78 is 1.44. The van der Waals surface area contributed by atoms with E-state index in [1.807, 2.05) is 0 Å². The Hall–Kier alpha value is -1.78. The number of fused-ring (bicyclic) bond motifs is 1. The Morgan fingerprint density at radius 2 is 2.45 bits per heavy atom. The van der Waals surface area contributed by atoms with E-state index in [0.29, 0.717) is 5.52 Å². The molecule has 0 atom stereocenters. The van der Waals surface area contributed by atoms with Gasteiger partial charge in [0.05, 0.1) is 0 Å². The minimum Gasteiger partial charge on any atom is -0.368 e. The molecule has 0 amide bonds. The molecule has 2 aromatic heterocycles. The van der Waals surface area contributed by atoms with Crippen molar-refractivity contribution in [3.8, 4) is 0 Å². The summed E-state index contributed by atoms with van der Waals surface area (Å²) >= 11 is 0. The van der Waals surface area contributed by atoms with Crippen molar-refractivity contribution >= 4 is 11.5 Å². The third-order valence-electron chi connectivity index (χ3n) is 1.42. The van der Waals surface area contributed by atoms with Gasteiger partial charge in [0.2, 0.25) is 5.95 Å². The Morgan fingerprint density at radius 1 is 1.64 bits per heavy atom. The van der Waals surface area contributed by atoms with Crippen LogP contribution >= 0.6 is 0 Å². The summed E-state index contributed by atoms with van der Waals surface area (Å²) in [4.78, 5) is 13.5. The number of aromatic amines is 1. The molecule has 0 radical (unpaired) electrons. The summed E-state index contributed by atoms with van der Waals surface area (Å²) in [6.45, 7) is 0. The van der Waals surface area contributed by atoms with Crippen molar-refractivity contribution in [3.63, 3.8) is 0 Å². The molecule has 0 unspecified atom stereocenters. The van der Waals surface area contributed by atoms with Crippen LogP contribution in [0, 0.1) is 0 Å². The summed E-state index contributed by atoms with van der Waals surface area (Å²) in [5, 5.41) is 3.84. The fourth-order valence-electron chi connectivity index (χ4n) is 0.961. The lowest BCUT2D eigenvalue weighted by molar-refractivity contribution is 0.904. The summed E-state index contributed by atoms with van der Waals surface area (Å²) in [6, 6.07) is 3.41. The molecule has 2 aromatic rings. The number of nitrogens with one attached hydrogen (secondary N) is 1. The first-order valence-electron chi connectivity index (χ1n) is 3.10. The number of H-pyrrole nitrogens is 1. The molecule has 3 N–H and O–H groups in total. The summed E-state index contributed by atoms with van der Waals surface area (Å²) in [7, 11) is 0. The summed E-state index contributed by atoms with van der Waals surface area (Å²) in [5.41, 5.74) is 5.58. The topological polar surface area (TPSA) is 76.2 Å². The fourth-order valence-corrected chi connectivity index (χ4v) is 0.961. The standard InChI is InChI=1S/C6H6N4O/c7-6-8-5(11)4-2-1-3-10(4)9-6/h1-3H,(H3,7,8,9,11). The summed E-state index contributed by atoms with van der Waals surface area (Å²) in [6.07, 6.45) is 1.67. The lowest BCUT2D eigenvalue weighted by atomic mass is 10.5. The van der Waals surface area contributed by atoms with Crippen molar-refractivity contribution in [2.45, 2.75) is 0 Å². The molecule has 0 aliphatic heterocycles. The van der Waals surface area contributed by atoms with Gasteiger partial charge < -0.3 is 5.73 Å². The van der Waals surface area contributed by atoms with E-state index < -0.39 is 0 Å². The van der Waals surface area contributed by atoms with Gasteiger partial charge in [-0.1, -0.05) is 0 Å². The first-order valence-corrected chi connectivity index (χ1v) is 3.10. The van der Waals surface area contributed by atoms with Crippen LogP contribution in [-0.4, -0.2) is 14.6 Å². The molecular formula is C6H6N4O. The van der Waals surface area contributed by atoms with Gasteiger partial charge in [-0.05, 0) is 12.1 Å². The van der Waals surface area contributed by atoms with Crippen LogP contribution < -0.4 is 11.3 Å².